The summed E-state index contributed by atoms with van der Waals surface area (Å²) in [7, 11) is -3.69. The number of rotatable bonds is 8. The lowest BCUT2D eigenvalue weighted by atomic mass is 10.0. The number of carbonyl (C=O) groups excluding carboxylic acids is 1. The fourth-order valence-corrected chi connectivity index (χ4v) is 3.92. The summed E-state index contributed by atoms with van der Waals surface area (Å²) >= 11 is 0. The molecule has 0 aromatic heterocycles. The summed E-state index contributed by atoms with van der Waals surface area (Å²) in [5.74, 6) is 0.0863. The van der Waals surface area contributed by atoms with Crippen molar-refractivity contribution in [3.63, 3.8) is 0 Å². The summed E-state index contributed by atoms with van der Waals surface area (Å²) < 4.78 is 26.8. The van der Waals surface area contributed by atoms with Crippen molar-refractivity contribution in [3.8, 4) is 0 Å². The summed E-state index contributed by atoms with van der Waals surface area (Å²) in [5, 5.41) is 0. The van der Waals surface area contributed by atoms with Crippen LogP contribution in [-0.2, 0) is 14.8 Å². The Morgan fingerprint density at radius 1 is 1.24 bits per heavy atom. The molecule has 0 saturated heterocycles. The molecule has 116 valence electrons. The molecule has 0 saturated carbocycles. The van der Waals surface area contributed by atoms with Crippen LogP contribution < -0.4 is 0 Å². The second kappa shape index (κ2) is 7.52. The van der Waals surface area contributed by atoms with Crippen LogP contribution in [-0.4, -0.2) is 31.6 Å². The number of sulfonamides is 1. The van der Waals surface area contributed by atoms with Gasteiger partial charge in [0.25, 0.3) is 0 Å². The highest BCUT2D eigenvalue weighted by Crippen LogP contribution is 2.24. The number of carbonyl (C=O) groups is 1. The van der Waals surface area contributed by atoms with Crippen molar-refractivity contribution in [2.75, 3.05) is 6.54 Å². The van der Waals surface area contributed by atoms with Gasteiger partial charge in [-0.05, 0) is 31.4 Å². The van der Waals surface area contributed by atoms with E-state index in [1.807, 2.05) is 20.8 Å². The molecule has 1 unspecified atom stereocenters. The van der Waals surface area contributed by atoms with Gasteiger partial charge >= 0.3 is 0 Å². The van der Waals surface area contributed by atoms with Crippen molar-refractivity contribution in [2.45, 2.75) is 38.1 Å². The molecule has 1 aromatic rings. The van der Waals surface area contributed by atoms with Gasteiger partial charge in [-0.3, -0.25) is 0 Å². The Balaban J connectivity index is 3.27. The molecule has 0 spiro atoms. The van der Waals surface area contributed by atoms with Crippen LogP contribution in [0, 0.1) is 12.8 Å². The minimum atomic E-state index is -3.69. The van der Waals surface area contributed by atoms with Crippen molar-refractivity contribution in [1.82, 2.24) is 4.31 Å². The molecule has 21 heavy (non-hydrogen) atoms. The molecule has 5 heteroatoms. The molecule has 0 aliphatic carbocycles. The third-order valence-electron chi connectivity index (χ3n) is 3.43. The van der Waals surface area contributed by atoms with Gasteiger partial charge in [0.1, 0.15) is 6.29 Å². The van der Waals surface area contributed by atoms with Crippen LogP contribution in [0.2, 0.25) is 0 Å². The Hall–Kier alpha value is -1.46. The molecular formula is C16H23NO3S. The van der Waals surface area contributed by atoms with Gasteiger partial charge in [0.15, 0.2) is 0 Å². The molecule has 0 fully saturated rings. The molecule has 0 radical (unpaired) electrons. The Bertz CT molecular complexity index is 576. The zero-order chi connectivity index (χ0) is 16.0. The zero-order valence-electron chi connectivity index (χ0n) is 12.8. The van der Waals surface area contributed by atoms with Crippen LogP contribution in [0.1, 0.15) is 25.8 Å². The van der Waals surface area contributed by atoms with Crippen LogP contribution in [0.5, 0.6) is 0 Å². The summed E-state index contributed by atoms with van der Waals surface area (Å²) in [6, 6.07) is 6.38. The molecule has 0 bridgehead atoms. The number of aldehydes is 1. The first-order valence-corrected chi connectivity index (χ1v) is 8.41. The monoisotopic (exact) mass is 309 g/mol. The van der Waals surface area contributed by atoms with Crippen molar-refractivity contribution in [3.05, 3.63) is 42.5 Å². The van der Waals surface area contributed by atoms with Crippen molar-refractivity contribution < 1.29 is 13.2 Å². The van der Waals surface area contributed by atoms with Gasteiger partial charge in [0.05, 0.1) is 11.4 Å². The lowest BCUT2D eigenvalue weighted by Crippen LogP contribution is -2.44. The maximum Gasteiger partial charge on any atom is 0.243 e. The van der Waals surface area contributed by atoms with Gasteiger partial charge in [-0.2, -0.15) is 4.31 Å². The summed E-state index contributed by atoms with van der Waals surface area (Å²) in [6.45, 7) is 9.32. The molecule has 0 amide bonds. The van der Waals surface area contributed by atoms with Gasteiger partial charge in [-0.15, -0.1) is 6.58 Å². The number of benzene rings is 1. The van der Waals surface area contributed by atoms with E-state index in [4.69, 9.17) is 0 Å². The minimum Gasteiger partial charge on any atom is -0.302 e. The summed E-state index contributed by atoms with van der Waals surface area (Å²) in [6.07, 6.45) is 2.83. The van der Waals surface area contributed by atoms with E-state index in [2.05, 4.69) is 6.58 Å². The molecule has 1 atom stereocenters. The Morgan fingerprint density at radius 3 is 2.24 bits per heavy atom. The van der Waals surface area contributed by atoms with E-state index < -0.39 is 10.0 Å². The number of aryl methyl sites for hydroxylation is 1. The van der Waals surface area contributed by atoms with Gasteiger partial charge in [-0.1, -0.05) is 37.6 Å². The van der Waals surface area contributed by atoms with E-state index in [0.29, 0.717) is 12.7 Å². The van der Waals surface area contributed by atoms with Crippen LogP contribution in [0.15, 0.2) is 41.8 Å². The fraction of sp³-hybridized carbons (Fsp3) is 0.438. The number of hydrogen-bond acceptors (Lipinski definition) is 3. The van der Waals surface area contributed by atoms with Crippen LogP contribution in [0.25, 0.3) is 0 Å². The number of hydrogen-bond donors (Lipinski definition) is 0. The SMILES string of the molecule is C=CCC(C(C)C)N(CC=O)S(=O)(=O)c1ccc(C)cc1. The molecule has 1 rings (SSSR count). The largest absolute Gasteiger partial charge is 0.302 e. The lowest BCUT2D eigenvalue weighted by molar-refractivity contribution is -0.108. The Labute approximate surface area is 127 Å². The smallest absolute Gasteiger partial charge is 0.243 e. The highest BCUT2D eigenvalue weighted by molar-refractivity contribution is 7.89. The van der Waals surface area contributed by atoms with Crippen molar-refractivity contribution in [1.29, 1.82) is 0 Å². The minimum absolute atomic E-state index is 0.0863. The maximum atomic E-state index is 12.8. The first kappa shape index (κ1) is 17.6. The second-order valence-electron chi connectivity index (χ2n) is 5.39. The maximum absolute atomic E-state index is 12.8. The normalized spacial score (nSPS) is 13.4. The van der Waals surface area contributed by atoms with Gasteiger partial charge in [0.2, 0.25) is 10.0 Å². The topological polar surface area (TPSA) is 54.5 Å². The van der Waals surface area contributed by atoms with Gasteiger partial charge in [0, 0.05) is 6.04 Å². The molecule has 0 aliphatic heterocycles. The third kappa shape index (κ3) is 4.25. The van der Waals surface area contributed by atoms with E-state index in [9.17, 15) is 13.2 Å². The van der Waals surface area contributed by atoms with E-state index in [0.717, 1.165) is 5.56 Å². The molecule has 0 aliphatic rings. The molecule has 1 aromatic carbocycles. The van der Waals surface area contributed by atoms with Gasteiger partial charge < -0.3 is 4.79 Å². The predicted molar refractivity (Wildman–Crippen MR) is 84.6 cm³/mol. The standard InChI is InChI=1S/C16H23NO3S/c1-5-6-16(13(2)3)17(11-12-18)21(19,20)15-9-7-14(4)8-10-15/h5,7-10,12-13,16H,1,6,11H2,2-4H3. The molecule has 0 N–H and O–H groups in total. The Morgan fingerprint density at radius 2 is 1.81 bits per heavy atom. The highest BCUT2D eigenvalue weighted by Gasteiger charge is 2.32. The van der Waals surface area contributed by atoms with E-state index in [1.54, 1.807) is 30.3 Å². The fourth-order valence-electron chi connectivity index (χ4n) is 2.22. The van der Waals surface area contributed by atoms with Crippen LogP contribution in [0.3, 0.4) is 0 Å². The lowest BCUT2D eigenvalue weighted by Gasteiger charge is -2.31. The predicted octanol–water partition coefficient (Wildman–Crippen LogP) is 2.79. The first-order chi connectivity index (χ1) is 9.84. The summed E-state index contributed by atoms with van der Waals surface area (Å²) in [4.78, 5) is 11.2. The highest BCUT2D eigenvalue weighted by atomic mass is 32.2. The number of nitrogens with zero attached hydrogens (tertiary/aromatic N) is 1. The van der Waals surface area contributed by atoms with E-state index >= 15 is 0 Å². The zero-order valence-corrected chi connectivity index (χ0v) is 13.6. The van der Waals surface area contributed by atoms with Crippen LogP contribution in [0.4, 0.5) is 0 Å². The van der Waals surface area contributed by atoms with E-state index in [1.165, 1.54) is 4.31 Å². The summed E-state index contributed by atoms with van der Waals surface area (Å²) in [5.41, 5.74) is 0.988. The quantitative estimate of drug-likeness (QED) is 0.548. The van der Waals surface area contributed by atoms with E-state index in [-0.39, 0.29) is 23.4 Å². The Kier molecular flexibility index (Phi) is 6.30. The van der Waals surface area contributed by atoms with Gasteiger partial charge in [-0.25, -0.2) is 8.42 Å². The molecule has 0 heterocycles. The molecular weight excluding hydrogens is 286 g/mol. The van der Waals surface area contributed by atoms with Crippen molar-refractivity contribution in [2.24, 2.45) is 5.92 Å². The first-order valence-electron chi connectivity index (χ1n) is 6.97. The average Bonchev–Trinajstić information content (AvgIpc) is 2.42. The van der Waals surface area contributed by atoms with Crippen molar-refractivity contribution >= 4 is 16.3 Å². The third-order valence-corrected chi connectivity index (χ3v) is 5.33. The van der Waals surface area contributed by atoms with Crippen LogP contribution >= 0.6 is 0 Å². The second-order valence-corrected chi connectivity index (χ2v) is 7.28. The average molecular weight is 309 g/mol. The molecule has 4 nitrogen and oxygen atoms in total.